The average molecular weight is 300 g/mol. The summed E-state index contributed by atoms with van der Waals surface area (Å²) >= 11 is 0. The summed E-state index contributed by atoms with van der Waals surface area (Å²) in [4.78, 5) is 24.6. The van der Waals surface area contributed by atoms with Crippen LogP contribution in [-0.2, 0) is 4.79 Å². The molecule has 0 aromatic heterocycles. The van der Waals surface area contributed by atoms with E-state index in [1.165, 1.54) is 0 Å². The Labute approximate surface area is 126 Å². The molecule has 0 bridgehead atoms. The van der Waals surface area contributed by atoms with Crippen molar-refractivity contribution in [3.8, 4) is 0 Å². The molecule has 6 nitrogen and oxygen atoms in total. The summed E-state index contributed by atoms with van der Waals surface area (Å²) in [7, 11) is 0. The van der Waals surface area contributed by atoms with Crippen molar-refractivity contribution in [3.05, 3.63) is 0 Å². The molecule has 1 heterocycles. The number of urea groups is 1. The van der Waals surface area contributed by atoms with E-state index < -0.39 is 5.97 Å². The first kappa shape index (κ1) is 17.8. The number of amides is 2. The van der Waals surface area contributed by atoms with Gasteiger partial charge in [0.15, 0.2) is 0 Å². The van der Waals surface area contributed by atoms with Gasteiger partial charge >= 0.3 is 12.0 Å². The summed E-state index contributed by atoms with van der Waals surface area (Å²) < 4.78 is 0. The summed E-state index contributed by atoms with van der Waals surface area (Å²) in [5, 5.41) is 21.1. The van der Waals surface area contributed by atoms with Crippen LogP contribution in [0.15, 0.2) is 0 Å². The van der Waals surface area contributed by atoms with Gasteiger partial charge in [0.25, 0.3) is 0 Å². The smallest absolute Gasteiger partial charge is 0.317 e. The Kier molecular flexibility index (Phi) is 6.95. The van der Waals surface area contributed by atoms with E-state index in [4.69, 9.17) is 5.11 Å². The van der Waals surface area contributed by atoms with Crippen LogP contribution in [0.4, 0.5) is 4.79 Å². The number of aliphatic hydroxyl groups excluding tert-OH is 1. The van der Waals surface area contributed by atoms with Crippen molar-refractivity contribution < 1.29 is 19.8 Å². The molecule has 0 aromatic rings. The normalized spacial score (nSPS) is 24.7. The van der Waals surface area contributed by atoms with E-state index in [1.54, 1.807) is 11.8 Å². The lowest BCUT2D eigenvalue weighted by Gasteiger charge is -2.27. The Morgan fingerprint density at radius 2 is 2.00 bits per heavy atom. The third kappa shape index (κ3) is 5.19. The molecule has 0 saturated carbocycles. The number of hydrogen-bond donors (Lipinski definition) is 3. The molecule has 2 amide bonds. The van der Waals surface area contributed by atoms with Crippen LogP contribution in [0.3, 0.4) is 0 Å². The molecule has 0 aromatic carbocycles. The van der Waals surface area contributed by atoms with E-state index in [0.29, 0.717) is 18.9 Å². The zero-order valence-corrected chi connectivity index (χ0v) is 13.2. The highest BCUT2D eigenvalue weighted by molar-refractivity contribution is 5.75. The highest BCUT2D eigenvalue weighted by Gasteiger charge is 2.34. The second-order valence-corrected chi connectivity index (χ2v) is 6.23. The van der Waals surface area contributed by atoms with Crippen LogP contribution >= 0.6 is 0 Å². The maximum atomic E-state index is 12.2. The summed E-state index contributed by atoms with van der Waals surface area (Å²) in [5.41, 5.74) is 0. The number of aliphatic hydroxyl groups is 1. The van der Waals surface area contributed by atoms with Crippen molar-refractivity contribution in [1.29, 1.82) is 0 Å². The molecule has 6 heteroatoms. The van der Waals surface area contributed by atoms with Gasteiger partial charge in [-0.2, -0.15) is 0 Å². The van der Waals surface area contributed by atoms with Gasteiger partial charge in [-0.1, -0.05) is 20.3 Å². The van der Waals surface area contributed by atoms with Gasteiger partial charge in [0.05, 0.1) is 18.6 Å². The molecular weight excluding hydrogens is 272 g/mol. The lowest BCUT2D eigenvalue weighted by molar-refractivity contribution is -0.141. The summed E-state index contributed by atoms with van der Waals surface area (Å²) in [6.07, 6.45) is 3.07. The molecule has 0 spiro atoms. The van der Waals surface area contributed by atoms with Crippen LogP contribution in [-0.4, -0.2) is 52.3 Å². The molecule has 122 valence electrons. The van der Waals surface area contributed by atoms with Gasteiger partial charge in [0.2, 0.25) is 0 Å². The van der Waals surface area contributed by atoms with Crippen LogP contribution in [0.1, 0.15) is 46.5 Å². The monoisotopic (exact) mass is 300 g/mol. The van der Waals surface area contributed by atoms with E-state index in [9.17, 15) is 14.7 Å². The van der Waals surface area contributed by atoms with E-state index >= 15 is 0 Å². The molecular formula is C15H28N2O4. The molecule has 4 atom stereocenters. The quantitative estimate of drug-likeness (QED) is 0.667. The number of carbonyl (C=O) groups excluding carboxylic acids is 1. The molecule has 4 unspecified atom stereocenters. The summed E-state index contributed by atoms with van der Waals surface area (Å²) in [6.45, 7) is 6.35. The Bertz CT molecular complexity index is 362. The average Bonchev–Trinajstić information content (AvgIpc) is 2.79. The number of aliphatic carboxylic acids is 1. The molecule has 1 aliphatic rings. The maximum absolute atomic E-state index is 12.2. The molecule has 21 heavy (non-hydrogen) atoms. The topological polar surface area (TPSA) is 89.9 Å². The standard InChI is InChI=1S/C15H28N2O4/c1-10-7-8-17(13(10)9-18)15(21)16-12(3)6-4-5-11(2)14(19)20/h10-13,18H,4-9H2,1-3H3,(H,16,21)(H,19,20). The summed E-state index contributed by atoms with van der Waals surface area (Å²) in [5.74, 6) is -0.790. The van der Waals surface area contributed by atoms with E-state index in [2.05, 4.69) is 5.32 Å². The number of carboxylic acids is 1. The SMILES string of the molecule is CC(CCCC(C)C(=O)O)NC(=O)N1CCC(C)C1CO. The van der Waals surface area contributed by atoms with Gasteiger partial charge in [-0.25, -0.2) is 4.79 Å². The van der Waals surface area contributed by atoms with Gasteiger partial charge in [-0.15, -0.1) is 0 Å². The van der Waals surface area contributed by atoms with Gasteiger partial charge in [-0.3, -0.25) is 4.79 Å². The summed E-state index contributed by atoms with van der Waals surface area (Å²) in [6, 6.07) is -0.213. The predicted molar refractivity (Wildman–Crippen MR) is 80.0 cm³/mol. The number of hydrogen-bond acceptors (Lipinski definition) is 3. The Hall–Kier alpha value is -1.30. The molecule has 3 N–H and O–H groups in total. The highest BCUT2D eigenvalue weighted by atomic mass is 16.4. The Morgan fingerprint density at radius 3 is 2.57 bits per heavy atom. The zero-order chi connectivity index (χ0) is 16.0. The molecule has 1 rings (SSSR count). The minimum Gasteiger partial charge on any atom is -0.481 e. The Morgan fingerprint density at radius 1 is 1.33 bits per heavy atom. The fourth-order valence-corrected chi connectivity index (χ4v) is 2.76. The lowest BCUT2D eigenvalue weighted by atomic mass is 10.0. The minimum absolute atomic E-state index is 0.000899. The first-order valence-corrected chi connectivity index (χ1v) is 7.77. The maximum Gasteiger partial charge on any atom is 0.317 e. The lowest BCUT2D eigenvalue weighted by Crippen LogP contribution is -2.48. The van der Waals surface area contributed by atoms with E-state index in [1.807, 2.05) is 13.8 Å². The van der Waals surface area contributed by atoms with Gasteiger partial charge in [0, 0.05) is 12.6 Å². The molecule has 1 saturated heterocycles. The van der Waals surface area contributed by atoms with Crippen LogP contribution in [0.2, 0.25) is 0 Å². The van der Waals surface area contributed by atoms with Gasteiger partial charge in [0.1, 0.15) is 0 Å². The Balaban J connectivity index is 2.32. The van der Waals surface area contributed by atoms with E-state index in [0.717, 1.165) is 19.3 Å². The second-order valence-electron chi connectivity index (χ2n) is 6.23. The first-order chi connectivity index (χ1) is 9.86. The van der Waals surface area contributed by atoms with Crippen molar-refractivity contribution in [3.63, 3.8) is 0 Å². The van der Waals surface area contributed by atoms with Crippen molar-refractivity contribution >= 4 is 12.0 Å². The van der Waals surface area contributed by atoms with Crippen LogP contribution < -0.4 is 5.32 Å². The fourth-order valence-electron chi connectivity index (χ4n) is 2.76. The minimum atomic E-state index is -0.775. The van der Waals surface area contributed by atoms with Crippen LogP contribution in [0, 0.1) is 11.8 Å². The number of rotatable bonds is 7. The number of carboxylic acid groups (broad SMARTS) is 1. The van der Waals surface area contributed by atoms with Crippen molar-refractivity contribution in [2.75, 3.05) is 13.2 Å². The molecule has 1 aliphatic heterocycles. The zero-order valence-electron chi connectivity index (χ0n) is 13.2. The van der Waals surface area contributed by atoms with Gasteiger partial charge < -0.3 is 20.4 Å². The second kappa shape index (κ2) is 8.22. The van der Waals surface area contributed by atoms with Crippen LogP contribution in [0.25, 0.3) is 0 Å². The molecule has 1 fully saturated rings. The highest BCUT2D eigenvalue weighted by Crippen LogP contribution is 2.23. The van der Waals surface area contributed by atoms with Crippen LogP contribution in [0.5, 0.6) is 0 Å². The predicted octanol–water partition coefficient (Wildman–Crippen LogP) is 1.68. The van der Waals surface area contributed by atoms with Gasteiger partial charge in [-0.05, 0) is 32.1 Å². The number of likely N-dealkylation sites (tertiary alicyclic amines) is 1. The van der Waals surface area contributed by atoms with Crippen molar-refractivity contribution in [2.45, 2.75) is 58.5 Å². The largest absolute Gasteiger partial charge is 0.481 e. The molecule has 0 aliphatic carbocycles. The van der Waals surface area contributed by atoms with Crippen molar-refractivity contribution in [1.82, 2.24) is 10.2 Å². The first-order valence-electron chi connectivity index (χ1n) is 7.77. The number of nitrogens with zero attached hydrogens (tertiary/aromatic N) is 1. The third-order valence-electron chi connectivity index (χ3n) is 4.40. The third-order valence-corrected chi connectivity index (χ3v) is 4.40. The van der Waals surface area contributed by atoms with E-state index in [-0.39, 0.29) is 30.6 Å². The number of nitrogens with one attached hydrogen (secondary N) is 1. The fraction of sp³-hybridized carbons (Fsp3) is 0.867. The molecule has 0 radical (unpaired) electrons. The number of carbonyl (C=O) groups is 2. The van der Waals surface area contributed by atoms with Crippen molar-refractivity contribution in [2.24, 2.45) is 11.8 Å².